The third kappa shape index (κ3) is 6.59. The lowest BCUT2D eigenvalue weighted by Gasteiger charge is -2.53. The second-order valence-corrected chi connectivity index (χ2v) is 10.2. The molecule has 4 rings (SSSR count). The van der Waals surface area contributed by atoms with Gasteiger partial charge in [0.15, 0.2) is 0 Å². The first-order chi connectivity index (χ1) is 19.2. The highest BCUT2D eigenvalue weighted by Crippen LogP contribution is 2.37. The van der Waals surface area contributed by atoms with Gasteiger partial charge in [-0.05, 0) is 42.7 Å². The van der Waals surface area contributed by atoms with E-state index in [4.69, 9.17) is 4.74 Å². The molecule has 0 saturated carbocycles. The Morgan fingerprint density at radius 3 is 2.07 bits per heavy atom. The summed E-state index contributed by atoms with van der Waals surface area (Å²) in [7, 11) is 0. The Hall–Kier alpha value is -3.77. The van der Waals surface area contributed by atoms with Gasteiger partial charge in [0, 0.05) is 13.1 Å². The third-order valence-corrected chi connectivity index (χ3v) is 7.27. The van der Waals surface area contributed by atoms with Crippen LogP contribution in [0.15, 0.2) is 48.5 Å². The summed E-state index contributed by atoms with van der Waals surface area (Å²) in [5.41, 5.74) is -2.71. The van der Waals surface area contributed by atoms with Crippen LogP contribution in [-0.2, 0) is 39.8 Å². The normalized spacial score (nSPS) is 21.7. The molecule has 0 spiro atoms. The summed E-state index contributed by atoms with van der Waals surface area (Å²) in [5, 5.41) is 0. The van der Waals surface area contributed by atoms with Gasteiger partial charge in [-0.1, -0.05) is 43.7 Å². The lowest BCUT2D eigenvalue weighted by molar-refractivity contribution is -0.172. The quantitative estimate of drug-likeness (QED) is 0.410. The molecular formula is C28H29F6N3O4. The molecule has 2 aliphatic rings. The zero-order valence-electron chi connectivity index (χ0n) is 22.3. The van der Waals surface area contributed by atoms with Crippen molar-refractivity contribution in [3.63, 3.8) is 0 Å². The molecule has 3 amide bonds. The molecule has 0 aliphatic carbocycles. The molecule has 222 valence electrons. The second kappa shape index (κ2) is 11.6. The van der Waals surface area contributed by atoms with Gasteiger partial charge < -0.3 is 14.5 Å². The van der Waals surface area contributed by atoms with Crippen LogP contribution in [0.25, 0.3) is 0 Å². The van der Waals surface area contributed by atoms with E-state index in [9.17, 15) is 40.7 Å². The maximum absolute atomic E-state index is 13.3. The lowest BCUT2D eigenvalue weighted by atomic mass is 9.94. The van der Waals surface area contributed by atoms with E-state index in [1.807, 2.05) is 25.1 Å². The number of rotatable bonds is 6. The van der Waals surface area contributed by atoms with Crippen molar-refractivity contribution < 1.29 is 45.5 Å². The fourth-order valence-corrected chi connectivity index (χ4v) is 5.29. The fourth-order valence-electron chi connectivity index (χ4n) is 5.29. The number of carbonyl (C=O) groups is 3. The number of nitrogens with zero attached hydrogens (tertiary/aromatic N) is 3. The predicted molar refractivity (Wildman–Crippen MR) is 134 cm³/mol. The third-order valence-electron chi connectivity index (χ3n) is 7.27. The van der Waals surface area contributed by atoms with Gasteiger partial charge in [-0.2, -0.15) is 26.3 Å². The minimum absolute atomic E-state index is 0.00343. The molecule has 2 aromatic carbocycles. The van der Waals surface area contributed by atoms with Crippen molar-refractivity contribution in [2.24, 2.45) is 5.92 Å². The molecule has 0 unspecified atom stereocenters. The number of amides is 3. The van der Waals surface area contributed by atoms with E-state index in [0.29, 0.717) is 25.0 Å². The summed E-state index contributed by atoms with van der Waals surface area (Å²) < 4.78 is 84.9. The van der Waals surface area contributed by atoms with E-state index >= 15 is 0 Å². The summed E-state index contributed by atoms with van der Waals surface area (Å²) in [6, 6.07) is 9.16. The highest BCUT2D eigenvalue weighted by atomic mass is 19.4. The van der Waals surface area contributed by atoms with Crippen molar-refractivity contribution in [1.29, 1.82) is 0 Å². The monoisotopic (exact) mass is 585 g/mol. The predicted octanol–water partition coefficient (Wildman–Crippen LogP) is 5.68. The van der Waals surface area contributed by atoms with Crippen LogP contribution in [0, 0.1) is 5.92 Å². The minimum Gasteiger partial charge on any atom is -0.444 e. The second-order valence-electron chi connectivity index (χ2n) is 10.2. The minimum atomic E-state index is -5.05. The zero-order chi connectivity index (χ0) is 30.1. The van der Waals surface area contributed by atoms with Crippen LogP contribution >= 0.6 is 0 Å². The molecule has 2 aromatic rings. The number of benzene rings is 2. The number of alkyl halides is 6. The van der Waals surface area contributed by atoms with Crippen molar-refractivity contribution in [2.45, 2.75) is 64.4 Å². The smallest absolute Gasteiger partial charge is 0.416 e. The van der Waals surface area contributed by atoms with Crippen molar-refractivity contribution in [3.8, 4) is 0 Å². The maximum atomic E-state index is 13.3. The van der Waals surface area contributed by atoms with E-state index in [1.54, 1.807) is 19.1 Å². The first-order valence-electron chi connectivity index (χ1n) is 13.1. The Bertz CT molecular complexity index is 1250. The van der Waals surface area contributed by atoms with Crippen LogP contribution in [-0.4, -0.2) is 57.9 Å². The van der Waals surface area contributed by atoms with E-state index in [-0.39, 0.29) is 37.5 Å². The lowest BCUT2D eigenvalue weighted by Crippen LogP contribution is -2.72. The van der Waals surface area contributed by atoms with E-state index in [2.05, 4.69) is 0 Å². The summed E-state index contributed by atoms with van der Waals surface area (Å²) in [6.07, 6.45) is -11.0. The molecule has 2 fully saturated rings. The SMILES string of the molecule is CCC[C@@H]1CN(C(=O)OCc2cc(C(F)(F)F)cc(C(F)(F)F)c2)[C@H]2CN(Cc3ccccc3)C(=O)[C@H](C)N2C1=O. The Morgan fingerprint density at radius 2 is 1.51 bits per heavy atom. The molecule has 3 atom stereocenters. The van der Waals surface area contributed by atoms with Crippen LogP contribution in [0.3, 0.4) is 0 Å². The van der Waals surface area contributed by atoms with Gasteiger partial charge in [0.2, 0.25) is 11.8 Å². The maximum Gasteiger partial charge on any atom is 0.416 e. The highest BCUT2D eigenvalue weighted by Gasteiger charge is 2.50. The molecule has 7 nitrogen and oxygen atoms in total. The number of fused-ring (bicyclic) bond motifs is 1. The number of ether oxygens (including phenoxy) is 1. The molecular weight excluding hydrogens is 556 g/mol. The first kappa shape index (κ1) is 30.2. The van der Waals surface area contributed by atoms with Gasteiger partial charge in [-0.3, -0.25) is 14.5 Å². The Kier molecular flexibility index (Phi) is 8.55. The number of hydrogen-bond donors (Lipinski definition) is 0. The standard InChI is InChI=1S/C28H29F6N3O4/c1-3-7-20-14-36(26(40)41-16-19-10-21(27(29,30)31)12-22(11-19)28(32,33)34)23-15-35(13-18-8-5-4-6-9-18)24(38)17(2)37(23)25(20)39/h4-6,8-12,17,20,23H,3,7,13-16H2,1-2H3/t17-,20+,23+/m0/s1. The molecule has 0 bridgehead atoms. The topological polar surface area (TPSA) is 70.2 Å². The molecule has 2 saturated heterocycles. The molecule has 0 radical (unpaired) electrons. The van der Waals surface area contributed by atoms with Gasteiger partial charge in [0.05, 0.1) is 23.6 Å². The Labute approximate surface area is 232 Å². The van der Waals surface area contributed by atoms with E-state index in [1.165, 1.54) is 14.7 Å². The molecule has 0 N–H and O–H groups in total. The van der Waals surface area contributed by atoms with Crippen LogP contribution in [0.1, 0.15) is 48.9 Å². The van der Waals surface area contributed by atoms with Gasteiger partial charge in [0.25, 0.3) is 0 Å². The summed E-state index contributed by atoms with van der Waals surface area (Å²) in [4.78, 5) is 44.0. The van der Waals surface area contributed by atoms with Crippen molar-refractivity contribution in [2.75, 3.05) is 13.1 Å². The van der Waals surface area contributed by atoms with Gasteiger partial charge in [-0.15, -0.1) is 0 Å². The van der Waals surface area contributed by atoms with Gasteiger partial charge >= 0.3 is 18.4 Å². The molecule has 41 heavy (non-hydrogen) atoms. The van der Waals surface area contributed by atoms with Crippen molar-refractivity contribution >= 4 is 17.9 Å². The number of hydrogen-bond acceptors (Lipinski definition) is 4. The summed E-state index contributed by atoms with van der Waals surface area (Å²) in [5.74, 6) is -1.26. The largest absolute Gasteiger partial charge is 0.444 e. The van der Waals surface area contributed by atoms with Gasteiger partial charge in [0.1, 0.15) is 18.8 Å². The van der Waals surface area contributed by atoms with Crippen LogP contribution in [0.2, 0.25) is 0 Å². The number of piperazine rings is 1. The first-order valence-corrected chi connectivity index (χ1v) is 13.1. The molecule has 2 heterocycles. The van der Waals surface area contributed by atoms with E-state index in [0.717, 1.165) is 5.56 Å². The summed E-state index contributed by atoms with van der Waals surface area (Å²) >= 11 is 0. The zero-order valence-corrected chi connectivity index (χ0v) is 22.3. The number of halogens is 6. The van der Waals surface area contributed by atoms with Crippen molar-refractivity contribution in [1.82, 2.24) is 14.7 Å². The summed E-state index contributed by atoms with van der Waals surface area (Å²) in [6.45, 7) is 2.66. The Balaban J connectivity index is 1.60. The molecule has 0 aromatic heterocycles. The van der Waals surface area contributed by atoms with Crippen LogP contribution in [0.5, 0.6) is 0 Å². The fraction of sp³-hybridized carbons (Fsp3) is 0.464. The average Bonchev–Trinajstić information content (AvgIpc) is 2.91. The van der Waals surface area contributed by atoms with Crippen molar-refractivity contribution in [3.05, 3.63) is 70.8 Å². The number of carbonyl (C=O) groups excluding carboxylic acids is 3. The molecule has 13 heteroatoms. The van der Waals surface area contributed by atoms with Crippen LogP contribution < -0.4 is 0 Å². The van der Waals surface area contributed by atoms with Gasteiger partial charge in [-0.25, -0.2) is 4.79 Å². The Morgan fingerprint density at radius 1 is 0.902 bits per heavy atom. The highest BCUT2D eigenvalue weighted by molar-refractivity contribution is 5.91. The molecule has 2 aliphatic heterocycles. The van der Waals surface area contributed by atoms with Crippen LogP contribution in [0.4, 0.5) is 31.1 Å². The van der Waals surface area contributed by atoms with E-state index < -0.39 is 59.9 Å². The average molecular weight is 586 g/mol.